The van der Waals surface area contributed by atoms with Gasteiger partial charge in [0.1, 0.15) is 0 Å². The monoisotopic (exact) mass is 473 g/mol. The maximum atomic E-state index is 12.8. The van der Waals surface area contributed by atoms with Crippen LogP contribution in [0.25, 0.3) is 0 Å². The lowest BCUT2D eigenvalue weighted by Gasteiger charge is -2.20. The van der Waals surface area contributed by atoms with Crippen molar-refractivity contribution in [3.8, 4) is 0 Å². The Hall–Kier alpha value is -3.97. The van der Waals surface area contributed by atoms with Crippen LogP contribution >= 0.6 is 0 Å². The summed E-state index contributed by atoms with van der Waals surface area (Å²) in [4.78, 5) is 39.3. The zero-order valence-corrected chi connectivity index (χ0v) is 20.3. The van der Waals surface area contributed by atoms with Crippen LogP contribution in [0.15, 0.2) is 72.8 Å². The number of esters is 1. The molecular formula is C28H31N3O4. The molecule has 3 aromatic rings. The van der Waals surface area contributed by atoms with Crippen LogP contribution in [-0.4, -0.2) is 42.9 Å². The average molecular weight is 474 g/mol. The first-order chi connectivity index (χ1) is 16.9. The van der Waals surface area contributed by atoms with Crippen molar-refractivity contribution in [2.24, 2.45) is 0 Å². The number of ether oxygens (including phenoxy) is 1. The first kappa shape index (κ1) is 25.6. The molecular weight excluding hydrogens is 442 g/mol. The van der Waals surface area contributed by atoms with Gasteiger partial charge in [-0.3, -0.25) is 14.5 Å². The summed E-state index contributed by atoms with van der Waals surface area (Å²) in [5, 5.41) is 5.78. The van der Waals surface area contributed by atoms with Gasteiger partial charge in [0.05, 0.1) is 12.7 Å². The molecule has 0 heterocycles. The summed E-state index contributed by atoms with van der Waals surface area (Å²) in [6.07, 6.45) is 0. The highest BCUT2D eigenvalue weighted by Crippen LogP contribution is 2.15. The predicted octanol–water partition coefficient (Wildman–Crippen LogP) is 4.50. The molecule has 0 unspecified atom stereocenters. The molecule has 0 aliphatic carbocycles. The minimum Gasteiger partial charge on any atom is -0.465 e. The van der Waals surface area contributed by atoms with Crippen LogP contribution in [-0.2, 0) is 17.8 Å². The third kappa shape index (κ3) is 7.01. The van der Waals surface area contributed by atoms with Gasteiger partial charge in [0.15, 0.2) is 0 Å². The van der Waals surface area contributed by atoms with Crippen LogP contribution in [0.2, 0.25) is 0 Å². The Morgan fingerprint density at radius 1 is 0.771 bits per heavy atom. The van der Waals surface area contributed by atoms with Gasteiger partial charge in [0.25, 0.3) is 11.8 Å². The number of nitrogens with zero attached hydrogens (tertiary/aromatic N) is 1. The predicted molar refractivity (Wildman–Crippen MR) is 136 cm³/mol. The third-order valence-electron chi connectivity index (χ3n) is 5.80. The lowest BCUT2D eigenvalue weighted by Crippen LogP contribution is -2.26. The van der Waals surface area contributed by atoms with E-state index in [-0.39, 0.29) is 11.8 Å². The van der Waals surface area contributed by atoms with Crippen molar-refractivity contribution < 1.29 is 19.1 Å². The number of carbonyl (C=O) groups excluding carboxylic acids is 3. The van der Waals surface area contributed by atoms with Gasteiger partial charge < -0.3 is 15.4 Å². The maximum absolute atomic E-state index is 12.8. The molecule has 35 heavy (non-hydrogen) atoms. The quantitative estimate of drug-likeness (QED) is 0.424. The number of methoxy groups -OCH3 is 1. The van der Waals surface area contributed by atoms with Crippen LogP contribution in [0.5, 0.6) is 0 Å². The normalized spacial score (nSPS) is 10.6. The topological polar surface area (TPSA) is 87.7 Å². The molecule has 0 aromatic heterocycles. The number of hydrogen-bond donors (Lipinski definition) is 2. The summed E-state index contributed by atoms with van der Waals surface area (Å²) in [5.41, 5.74) is 3.97. The van der Waals surface area contributed by atoms with Crippen LogP contribution in [0.1, 0.15) is 56.0 Å². The Balaban J connectivity index is 1.63. The summed E-state index contributed by atoms with van der Waals surface area (Å²) in [6, 6.07) is 21.0. The van der Waals surface area contributed by atoms with Gasteiger partial charge in [-0.15, -0.1) is 0 Å². The van der Waals surface area contributed by atoms with E-state index in [1.807, 2.05) is 18.2 Å². The Kier molecular flexibility index (Phi) is 9.15. The minimum atomic E-state index is -0.466. The van der Waals surface area contributed by atoms with Gasteiger partial charge >= 0.3 is 5.97 Å². The number of nitrogens with one attached hydrogen (secondary N) is 2. The molecule has 0 fully saturated rings. The number of rotatable bonds is 10. The average Bonchev–Trinajstić information content (AvgIpc) is 2.90. The molecule has 3 rings (SSSR count). The van der Waals surface area contributed by atoms with Crippen molar-refractivity contribution in [2.45, 2.75) is 26.9 Å². The molecule has 0 saturated carbocycles. The summed E-state index contributed by atoms with van der Waals surface area (Å²) in [5.74, 6) is -1.03. The highest BCUT2D eigenvalue weighted by Gasteiger charge is 2.12. The van der Waals surface area contributed by atoms with Gasteiger partial charge in [-0.25, -0.2) is 4.79 Å². The first-order valence-electron chi connectivity index (χ1n) is 11.6. The smallest absolute Gasteiger partial charge is 0.337 e. The van der Waals surface area contributed by atoms with E-state index < -0.39 is 5.97 Å². The molecule has 0 aliphatic heterocycles. The molecule has 0 radical (unpaired) electrons. The maximum Gasteiger partial charge on any atom is 0.337 e. The second kappa shape index (κ2) is 12.5. The molecule has 7 heteroatoms. The molecule has 2 N–H and O–H groups in total. The molecule has 0 saturated heterocycles. The zero-order valence-electron chi connectivity index (χ0n) is 20.3. The van der Waals surface area contributed by atoms with Crippen molar-refractivity contribution in [3.05, 3.63) is 101 Å². The largest absolute Gasteiger partial charge is 0.465 e. The van der Waals surface area contributed by atoms with E-state index in [1.54, 1.807) is 36.4 Å². The fourth-order valence-electron chi connectivity index (χ4n) is 3.67. The number of carbonyl (C=O) groups is 3. The van der Waals surface area contributed by atoms with Crippen molar-refractivity contribution >= 4 is 23.5 Å². The molecule has 2 amide bonds. The van der Waals surface area contributed by atoms with Crippen molar-refractivity contribution in [3.63, 3.8) is 0 Å². The van der Waals surface area contributed by atoms with E-state index in [9.17, 15) is 14.4 Å². The summed E-state index contributed by atoms with van der Waals surface area (Å²) in [6.45, 7) is 7.45. The van der Waals surface area contributed by atoms with Crippen molar-refractivity contribution in [2.75, 3.05) is 25.5 Å². The zero-order chi connectivity index (χ0) is 25.2. The first-order valence-corrected chi connectivity index (χ1v) is 11.6. The van der Waals surface area contributed by atoms with E-state index in [2.05, 4.69) is 40.2 Å². The summed E-state index contributed by atoms with van der Waals surface area (Å²) < 4.78 is 4.67. The highest BCUT2D eigenvalue weighted by molar-refractivity contribution is 6.05. The number of amides is 2. The van der Waals surface area contributed by atoms with Gasteiger partial charge in [-0.2, -0.15) is 0 Å². The third-order valence-corrected chi connectivity index (χ3v) is 5.80. The molecule has 0 aliphatic rings. The standard InChI is InChI=1S/C28H31N3O4/c1-4-31(5-2)19-24-10-7-6-9-23(24)18-29-26(32)22-11-8-12-25(17-22)30-27(33)20-13-15-21(16-14-20)28(34)35-3/h6-17H,4-5,18-19H2,1-3H3,(H,29,32)(H,30,33). The van der Waals surface area contributed by atoms with Crippen LogP contribution in [0, 0.1) is 0 Å². The van der Waals surface area contributed by atoms with E-state index in [4.69, 9.17) is 0 Å². The van der Waals surface area contributed by atoms with Crippen molar-refractivity contribution in [1.29, 1.82) is 0 Å². The molecule has 0 atom stereocenters. The molecule has 182 valence electrons. The number of anilines is 1. The molecule has 0 spiro atoms. The van der Waals surface area contributed by atoms with Crippen LogP contribution in [0.4, 0.5) is 5.69 Å². The van der Waals surface area contributed by atoms with E-state index in [1.165, 1.54) is 24.8 Å². The SMILES string of the molecule is CCN(CC)Cc1ccccc1CNC(=O)c1cccc(NC(=O)c2ccc(C(=O)OC)cc2)c1. The van der Waals surface area contributed by atoms with Gasteiger partial charge in [-0.1, -0.05) is 44.2 Å². The highest BCUT2D eigenvalue weighted by atomic mass is 16.5. The Bertz CT molecular complexity index is 1170. The van der Waals surface area contributed by atoms with Crippen LogP contribution < -0.4 is 10.6 Å². The minimum absolute atomic E-state index is 0.221. The second-order valence-electron chi connectivity index (χ2n) is 8.02. The summed E-state index contributed by atoms with van der Waals surface area (Å²) >= 11 is 0. The Morgan fingerprint density at radius 3 is 2.09 bits per heavy atom. The van der Waals surface area contributed by atoms with E-state index >= 15 is 0 Å². The van der Waals surface area contributed by atoms with Gasteiger partial charge in [0, 0.05) is 29.9 Å². The van der Waals surface area contributed by atoms with E-state index in [0.717, 1.165) is 25.2 Å². The van der Waals surface area contributed by atoms with Gasteiger partial charge in [0.2, 0.25) is 0 Å². The molecule has 7 nitrogen and oxygen atoms in total. The fourth-order valence-corrected chi connectivity index (χ4v) is 3.67. The summed E-state index contributed by atoms with van der Waals surface area (Å²) in [7, 11) is 1.30. The molecule has 3 aromatic carbocycles. The van der Waals surface area contributed by atoms with Crippen molar-refractivity contribution in [1.82, 2.24) is 10.2 Å². The Labute approximate surface area is 206 Å². The van der Waals surface area contributed by atoms with Gasteiger partial charge in [-0.05, 0) is 66.7 Å². The number of hydrogen-bond acceptors (Lipinski definition) is 5. The van der Waals surface area contributed by atoms with E-state index in [0.29, 0.717) is 28.9 Å². The van der Waals surface area contributed by atoms with Crippen LogP contribution in [0.3, 0.4) is 0 Å². The fraction of sp³-hybridized carbons (Fsp3) is 0.250. The second-order valence-corrected chi connectivity index (χ2v) is 8.02. The lowest BCUT2D eigenvalue weighted by atomic mass is 10.1. The number of benzene rings is 3. The molecule has 0 bridgehead atoms. The lowest BCUT2D eigenvalue weighted by molar-refractivity contribution is 0.0600. The Morgan fingerprint density at radius 2 is 1.43 bits per heavy atom.